The number of halogens is 2. The van der Waals surface area contributed by atoms with Crippen LogP contribution in [0.15, 0.2) is 18.2 Å². The first-order chi connectivity index (χ1) is 5.22. The van der Waals surface area contributed by atoms with E-state index in [2.05, 4.69) is 4.74 Å². The molecule has 0 unspecified atom stereocenters. The third-order valence-corrected chi connectivity index (χ3v) is 1.46. The fraction of sp³-hybridized carbons (Fsp3) is 0. The number of hydrogen-bond acceptors (Lipinski definition) is 2. The van der Waals surface area contributed by atoms with E-state index in [0.29, 0.717) is 22.3 Å². The van der Waals surface area contributed by atoms with Gasteiger partial charge in [0.1, 0.15) is 5.75 Å². The zero-order valence-corrected chi connectivity index (χ0v) is 6.89. The van der Waals surface area contributed by atoms with Crippen molar-refractivity contribution in [1.29, 1.82) is 0 Å². The van der Waals surface area contributed by atoms with Crippen molar-refractivity contribution in [2.45, 2.75) is 0 Å². The minimum atomic E-state index is 0.321. The summed E-state index contributed by atoms with van der Waals surface area (Å²) < 4.78 is 4.52. The summed E-state index contributed by atoms with van der Waals surface area (Å²) in [6.07, 6.45) is 0. The maximum absolute atomic E-state index is 9.89. The molecule has 0 radical (unpaired) electrons. The molecule has 1 aromatic rings. The third-order valence-electron chi connectivity index (χ3n) is 1.02. The van der Waals surface area contributed by atoms with Gasteiger partial charge in [0.15, 0.2) is 0 Å². The van der Waals surface area contributed by atoms with E-state index in [1.165, 1.54) is 12.1 Å². The van der Waals surface area contributed by atoms with Crippen molar-refractivity contribution < 1.29 is 9.53 Å². The van der Waals surface area contributed by atoms with Crippen molar-refractivity contribution >= 4 is 29.7 Å². The molecule has 4 heteroatoms. The maximum atomic E-state index is 9.89. The molecule has 0 aromatic heterocycles. The minimum Gasteiger partial charge on any atom is -0.429 e. The summed E-state index contributed by atoms with van der Waals surface area (Å²) in [6.45, 7) is 0.321. The molecule has 0 aliphatic heterocycles. The molecule has 0 fully saturated rings. The van der Waals surface area contributed by atoms with E-state index >= 15 is 0 Å². The summed E-state index contributed by atoms with van der Waals surface area (Å²) in [6, 6.07) is 4.56. The molecule has 0 atom stereocenters. The van der Waals surface area contributed by atoms with Gasteiger partial charge in [-0.3, -0.25) is 4.79 Å². The van der Waals surface area contributed by atoms with Crippen LogP contribution in [0, 0.1) is 0 Å². The average molecular weight is 191 g/mol. The lowest BCUT2D eigenvalue weighted by Crippen LogP contribution is -1.87. The summed E-state index contributed by atoms with van der Waals surface area (Å²) in [4.78, 5) is 9.89. The zero-order chi connectivity index (χ0) is 8.27. The summed E-state index contributed by atoms with van der Waals surface area (Å²) in [5, 5.41) is 0.878. The lowest BCUT2D eigenvalue weighted by molar-refractivity contribution is -0.120. The molecule has 0 amide bonds. The molecule has 0 bridgehead atoms. The molecule has 2 nitrogen and oxygen atoms in total. The Kier molecular flexibility index (Phi) is 2.74. The summed E-state index contributed by atoms with van der Waals surface area (Å²) in [7, 11) is 0. The highest BCUT2D eigenvalue weighted by Crippen LogP contribution is 2.23. The van der Waals surface area contributed by atoms with Crippen LogP contribution in [0.25, 0.3) is 0 Å². The van der Waals surface area contributed by atoms with Crippen molar-refractivity contribution in [3.8, 4) is 5.75 Å². The van der Waals surface area contributed by atoms with E-state index in [4.69, 9.17) is 23.2 Å². The van der Waals surface area contributed by atoms with Gasteiger partial charge in [-0.05, 0) is 18.2 Å². The summed E-state index contributed by atoms with van der Waals surface area (Å²) in [5.41, 5.74) is 0. The van der Waals surface area contributed by atoms with Gasteiger partial charge >= 0.3 is 0 Å². The Morgan fingerprint density at radius 1 is 1.18 bits per heavy atom. The van der Waals surface area contributed by atoms with Crippen LogP contribution < -0.4 is 4.74 Å². The fourth-order valence-electron chi connectivity index (χ4n) is 0.652. The first-order valence-corrected chi connectivity index (χ1v) is 3.54. The van der Waals surface area contributed by atoms with Crippen LogP contribution >= 0.6 is 23.2 Å². The van der Waals surface area contributed by atoms with Crippen LogP contribution in [0.1, 0.15) is 0 Å². The Hall–Kier alpha value is -0.730. The van der Waals surface area contributed by atoms with Crippen LogP contribution in [0.4, 0.5) is 0 Å². The van der Waals surface area contributed by atoms with Crippen LogP contribution in [-0.4, -0.2) is 6.47 Å². The Bertz CT molecular complexity index is 253. The molecular formula is C7H4Cl2O2. The van der Waals surface area contributed by atoms with Crippen LogP contribution in [-0.2, 0) is 4.79 Å². The predicted molar refractivity (Wildman–Crippen MR) is 43.2 cm³/mol. The quantitative estimate of drug-likeness (QED) is 0.671. The number of carbonyl (C=O) groups excluding carboxylic acids is 1. The van der Waals surface area contributed by atoms with Gasteiger partial charge < -0.3 is 4.74 Å². The highest BCUT2D eigenvalue weighted by atomic mass is 35.5. The first kappa shape index (κ1) is 8.37. The van der Waals surface area contributed by atoms with Crippen molar-refractivity contribution in [3.63, 3.8) is 0 Å². The minimum absolute atomic E-state index is 0.321. The van der Waals surface area contributed by atoms with E-state index in [9.17, 15) is 4.79 Å². The van der Waals surface area contributed by atoms with Crippen molar-refractivity contribution in [2.24, 2.45) is 0 Å². The van der Waals surface area contributed by atoms with E-state index < -0.39 is 0 Å². The zero-order valence-electron chi connectivity index (χ0n) is 5.38. The topological polar surface area (TPSA) is 26.3 Å². The maximum Gasteiger partial charge on any atom is 0.298 e. The van der Waals surface area contributed by atoms with Gasteiger partial charge in [0.25, 0.3) is 6.47 Å². The highest BCUT2D eigenvalue weighted by Gasteiger charge is 1.97. The summed E-state index contributed by atoms with van der Waals surface area (Å²) >= 11 is 11.2. The number of hydrogen-bond donors (Lipinski definition) is 0. The Balaban J connectivity index is 2.98. The second-order valence-corrected chi connectivity index (χ2v) is 2.69. The Labute approximate surface area is 73.7 Å². The average Bonchev–Trinajstić information content (AvgIpc) is 1.85. The monoisotopic (exact) mass is 190 g/mol. The van der Waals surface area contributed by atoms with Crippen molar-refractivity contribution in [1.82, 2.24) is 0 Å². The predicted octanol–water partition coefficient (Wildman–Crippen LogP) is 2.53. The smallest absolute Gasteiger partial charge is 0.298 e. The Morgan fingerprint density at radius 3 is 2.18 bits per heavy atom. The van der Waals surface area contributed by atoms with Gasteiger partial charge in [-0.2, -0.15) is 0 Å². The molecule has 0 saturated carbocycles. The fourth-order valence-corrected chi connectivity index (χ4v) is 1.16. The van der Waals surface area contributed by atoms with Crippen molar-refractivity contribution in [3.05, 3.63) is 28.2 Å². The molecule has 1 rings (SSSR count). The van der Waals surface area contributed by atoms with Gasteiger partial charge in [-0.25, -0.2) is 0 Å². The van der Waals surface area contributed by atoms with Crippen LogP contribution in [0.2, 0.25) is 10.0 Å². The van der Waals surface area contributed by atoms with Gasteiger partial charge in [0.05, 0.1) is 0 Å². The van der Waals surface area contributed by atoms with Gasteiger partial charge in [0.2, 0.25) is 0 Å². The molecule has 58 valence electrons. The van der Waals surface area contributed by atoms with E-state index in [-0.39, 0.29) is 0 Å². The second kappa shape index (κ2) is 3.60. The van der Waals surface area contributed by atoms with Gasteiger partial charge in [-0.1, -0.05) is 23.2 Å². The molecule has 0 heterocycles. The third kappa shape index (κ3) is 2.41. The molecule has 0 spiro atoms. The molecule has 1 aromatic carbocycles. The lowest BCUT2D eigenvalue weighted by Gasteiger charge is -1.98. The Morgan fingerprint density at radius 2 is 1.73 bits per heavy atom. The number of rotatable bonds is 2. The molecule has 0 aliphatic carbocycles. The SMILES string of the molecule is O=COc1cc(Cl)cc(Cl)c1. The standard InChI is InChI=1S/C7H4Cl2O2/c8-5-1-6(9)3-7(2-5)11-4-10/h1-4H. The molecular weight excluding hydrogens is 187 g/mol. The number of benzene rings is 1. The lowest BCUT2D eigenvalue weighted by atomic mass is 10.3. The largest absolute Gasteiger partial charge is 0.429 e. The molecule has 11 heavy (non-hydrogen) atoms. The molecule has 0 N–H and O–H groups in total. The number of ether oxygens (including phenoxy) is 1. The second-order valence-electron chi connectivity index (χ2n) is 1.82. The van der Waals surface area contributed by atoms with Crippen LogP contribution in [0.5, 0.6) is 5.75 Å². The van der Waals surface area contributed by atoms with Crippen molar-refractivity contribution in [2.75, 3.05) is 0 Å². The normalized spacial score (nSPS) is 9.27. The molecule has 0 saturated heterocycles. The highest BCUT2D eigenvalue weighted by molar-refractivity contribution is 6.34. The van der Waals surface area contributed by atoms with E-state index in [1.54, 1.807) is 6.07 Å². The first-order valence-electron chi connectivity index (χ1n) is 2.79. The summed E-state index contributed by atoms with van der Waals surface area (Å²) in [5.74, 6) is 0.345. The van der Waals surface area contributed by atoms with E-state index in [1.807, 2.05) is 0 Å². The van der Waals surface area contributed by atoms with E-state index in [0.717, 1.165) is 0 Å². The van der Waals surface area contributed by atoms with Crippen LogP contribution in [0.3, 0.4) is 0 Å². The van der Waals surface area contributed by atoms with Gasteiger partial charge in [-0.15, -0.1) is 0 Å². The number of carbonyl (C=O) groups is 1. The molecule has 0 aliphatic rings. The van der Waals surface area contributed by atoms with Gasteiger partial charge in [0, 0.05) is 10.0 Å².